The van der Waals surface area contributed by atoms with Crippen molar-refractivity contribution in [1.82, 2.24) is 4.90 Å². The molecule has 1 aromatic heterocycles. The van der Waals surface area contributed by atoms with E-state index in [9.17, 15) is 4.79 Å². The monoisotopic (exact) mass is 357 g/mol. The van der Waals surface area contributed by atoms with Gasteiger partial charge in [0, 0.05) is 25.8 Å². The maximum Gasteiger partial charge on any atom is 0.246 e. The molecule has 1 saturated heterocycles. The first-order valence-corrected chi connectivity index (χ1v) is 9.42. The Morgan fingerprint density at radius 1 is 1.44 bits per heavy atom. The molecule has 0 radical (unpaired) electrons. The SMILES string of the molecule is COc1cccc(CN(CC2CCCO2)C(=O)/C=C/c2ccsc2)c1. The van der Waals surface area contributed by atoms with E-state index in [0.29, 0.717) is 13.1 Å². The average Bonchev–Trinajstić information content (AvgIpc) is 3.33. The summed E-state index contributed by atoms with van der Waals surface area (Å²) in [6.07, 6.45) is 5.72. The molecule has 1 amide bonds. The van der Waals surface area contributed by atoms with Crippen LogP contribution < -0.4 is 4.74 Å². The highest BCUT2D eigenvalue weighted by atomic mass is 32.1. The zero-order valence-electron chi connectivity index (χ0n) is 14.4. The standard InChI is InChI=1S/C20H23NO3S/c1-23-18-5-2-4-17(12-18)13-21(14-19-6-3-10-24-19)20(22)8-7-16-9-11-25-15-16/h2,4-5,7-9,11-12,15,19H,3,6,10,13-14H2,1H3/b8-7+. The summed E-state index contributed by atoms with van der Waals surface area (Å²) >= 11 is 1.62. The lowest BCUT2D eigenvalue weighted by molar-refractivity contribution is -0.128. The molecule has 3 rings (SSSR count). The molecule has 1 unspecified atom stereocenters. The van der Waals surface area contributed by atoms with Gasteiger partial charge in [0.05, 0.1) is 13.2 Å². The molecule has 1 aliphatic rings. The van der Waals surface area contributed by atoms with Crippen molar-refractivity contribution in [2.45, 2.75) is 25.5 Å². The fourth-order valence-electron chi connectivity index (χ4n) is 2.90. The number of ether oxygens (including phenoxy) is 2. The van der Waals surface area contributed by atoms with Crippen LogP contribution in [0.15, 0.2) is 47.2 Å². The van der Waals surface area contributed by atoms with Gasteiger partial charge in [-0.1, -0.05) is 12.1 Å². The second-order valence-electron chi connectivity index (χ2n) is 6.10. The van der Waals surface area contributed by atoms with Crippen LogP contribution in [-0.2, 0) is 16.1 Å². The lowest BCUT2D eigenvalue weighted by Gasteiger charge is -2.24. The Labute approximate surface area is 152 Å². The highest BCUT2D eigenvalue weighted by Gasteiger charge is 2.21. The van der Waals surface area contributed by atoms with Gasteiger partial charge in [0.25, 0.3) is 0 Å². The van der Waals surface area contributed by atoms with Gasteiger partial charge in [0.2, 0.25) is 5.91 Å². The first kappa shape index (κ1) is 17.7. The quantitative estimate of drug-likeness (QED) is 0.704. The lowest BCUT2D eigenvalue weighted by Crippen LogP contribution is -2.35. The molecule has 0 aliphatic carbocycles. The molecule has 1 atom stereocenters. The van der Waals surface area contributed by atoms with Crippen molar-refractivity contribution in [1.29, 1.82) is 0 Å². The third-order valence-electron chi connectivity index (χ3n) is 4.23. The summed E-state index contributed by atoms with van der Waals surface area (Å²) in [5.41, 5.74) is 2.10. The van der Waals surface area contributed by atoms with Crippen LogP contribution in [-0.4, -0.2) is 37.2 Å². The summed E-state index contributed by atoms with van der Waals surface area (Å²) in [5, 5.41) is 4.03. The minimum Gasteiger partial charge on any atom is -0.497 e. The van der Waals surface area contributed by atoms with Crippen LogP contribution in [0.2, 0.25) is 0 Å². The van der Waals surface area contributed by atoms with Crippen molar-refractivity contribution in [3.63, 3.8) is 0 Å². The van der Waals surface area contributed by atoms with Gasteiger partial charge >= 0.3 is 0 Å². The third-order valence-corrected chi connectivity index (χ3v) is 4.93. The Bertz CT molecular complexity index is 705. The summed E-state index contributed by atoms with van der Waals surface area (Å²) in [6.45, 7) is 1.95. The first-order chi connectivity index (χ1) is 12.2. The molecule has 2 heterocycles. The van der Waals surface area contributed by atoms with Crippen LogP contribution in [0.5, 0.6) is 5.75 Å². The molecule has 0 saturated carbocycles. The Kier molecular flexibility index (Phi) is 6.25. The second kappa shape index (κ2) is 8.83. The van der Waals surface area contributed by atoms with Crippen molar-refractivity contribution in [2.75, 3.05) is 20.3 Å². The van der Waals surface area contributed by atoms with Gasteiger partial charge in [-0.2, -0.15) is 11.3 Å². The topological polar surface area (TPSA) is 38.8 Å². The normalized spacial score (nSPS) is 17.1. The molecular weight excluding hydrogens is 334 g/mol. The number of amides is 1. The maximum atomic E-state index is 12.7. The molecular formula is C20H23NO3S. The van der Waals surface area contributed by atoms with Crippen LogP contribution in [0.1, 0.15) is 24.0 Å². The molecule has 25 heavy (non-hydrogen) atoms. The Morgan fingerprint density at radius 2 is 2.36 bits per heavy atom. The van der Waals surface area contributed by atoms with Crippen LogP contribution in [0.25, 0.3) is 6.08 Å². The number of carbonyl (C=O) groups is 1. The predicted molar refractivity (Wildman–Crippen MR) is 101 cm³/mol. The summed E-state index contributed by atoms with van der Waals surface area (Å²) in [7, 11) is 1.65. The van der Waals surface area contributed by atoms with Crippen LogP contribution in [0.3, 0.4) is 0 Å². The molecule has 1 aliphatic heterocycles. The summed E-state index contributed by atoms with van der Waals surface area (Å²) < 4.78 is 11.0. The molecule has 0 spiro atoms. The molecule has 5 heteroatoms. The minimum atomic E-state index is 0.00419. The summed E-state index contributed by atoms with van der Waals surface area (Å²) in [5.74, 6) is 0.806. The zero-order chi connectivity index (χ0) is 17.5. The number of nitrogens with zero attached hydrogens (tertiary/aromatic N) is 1. The first-order valence-electron chi connectivity index (χ1n) is 8.48. The van der Waals surface area contributed by atoms with Crippen molar-refractivity contribution < 1.29 is 14.3 Å². The Hall–Kier alpha value is -2.11. The molecule has 1 aromatic carbocycles. The summed E-state index contributed by atoms with van der Waals surface area (Å²) in [4.78, 5) is 14.6. The molecule has 2 aromatic rings. The van der Waals surface area contributed by atoms with E-state index in [2.05, 4.69) is 0 Å². The van der Waals surface area contributed by atoms with Crippen molar-refractivity contribution in [2.24, 2.45) is 0 Å². The lowest BCUT2D eigenvalue weighted by atomic mass is 10.1. The van der Waals surface area contributed by atoms with Gasteiger partial charge in [0.1, 0.15) is 5.75 Å². The van der Waals surface area contributed by atoms with E-state index in [1.807, 2.05) is 52.1 Å². The van der Waals surface area contributed by atoms with Gasteiger partial charge in [-0.05, 0) is 59.0 Å². The molecule has 1 fully saturated rings. The zero-order valence-corrected chi connectivity index (χ0v) is 15.2. The van der Waals surface area contributed by atoms with Crippen molar-refractivity contribution in [3.8, 4) is 5.75 Å². The molecule has 0 bridgehead atoms. The highest BCUT2D eigenvalue weighted by Crippen LogP contribution is 2.18. The number of hydrogen-bond acceptors (Lipinski definition) is 4. The number of rotatable bonds is 7. The van der Waals surface area contributed by atoms with E-state index in [-0.39, 0.29) is 12.0 Å². The van der Waals surface area contributed by atoms with E-state index < -0.39 is 0 Å². The number of methoxy groups -OCH3 is 1. The molecule has 0 N–H and O–H groups in total. The highest BCUT2D eigenvalue weighted by molar-refractivity contribution is 7.08. The van der Waals surface area contributed by atoms with Crippen LogP contribution in [0.4, 0.5) is 0 Å². The van der Waals surface area contributed by atoms with E-state index in [4.69, 9.17) is 9.47 Å². The predicted octanol–water partition coefficient (Wildman–Crippen LogP) is 3.98. The van der Waals surface area contributed by atoms with E-state index in [0.717, 1.165) is 36.3 Å². The Balaban J connectivity index is 1.72. The fourth-order valence-corrected chi connectivity index (χ4v) is 3.53. The van der Waals surface area contributed by atoms with E-state index in [1.165, 1.54) is 0 Å². The minimum absolute atomic E-state index is 0.00419. The van der Waals surface area contributed by atoms with Gasteiger partial charge < -0.3 is 14.4 Å². The van der Waals surface area contributed by atoms with Gasteiger partial charge in [-0.25, -0.2) is 0 Å². The molecule has 4 nitrogen and oxygen atoms in total. The van der Waals surface area contributed by atoms with Crippen molar-refractivity contribution >= 4 is 23.3 Å². The smallest absolute Gasteiger partial charge is 0.246 e. The third kappa shape index (κ3) is 5.18. The van der Waals surface area contributed by atoms with Crippen molar-refractivity contribution in [3.05, 3.63) is 58.3 Å². The number of thiophene rings is 1. The Morgan fingerprint density at radius 3 is 3.08 bits per heavy atom. The van der Waals surface area contributed by atoms with Gasteiger partial charge in [0.15, 0.2) is 0 Å². The number of hydrogen-bond donors (Lipinski definition) is 0. The average molecular weight is 357 g/mol. The van der Waals surface area contributed by atoms with Gasteiger partial charge in [-0.3, -0.25) is 4.79 Å². The summed E-state index contributed by atoms with van der Waals surface area (Å²) in [6, 6.07) is 9.84. The van der Waals surface area contributed by atoms with E-state index >= 15 is 0 Å². The van der Waals surface area contributed by atoms with Crippen LogP contribution in [0, 0.1) is 0 Å². The largest absolute Gasteiger partial charge is 0.497 e. The maximum absolute atomic E-state index is 12.7. The second-order valence-corrected chi connectivity index (χ2v) is 6.88. The number of carbonyl (C=O) groups excluding carboxylic acids is 1. The molecule has 132 valence electrons. The van der Waals surface area contributed by atoms with E-state index in [1.54, 1.807) is 24.5 Å². The number of benzene rings is 1. The van der Waals surface area contributed by atoms with Gasteiger partial charge in [-0.15, -0.1) is 0 Å². The fraction of sp³-hybridized carbons (Fsp3) is 0.350. The van der Waals surface area contributed by atoms with Crippen LogP contribution >= 0.6 is 11.3 Å².